The molecule has 0 amide bonds. The SMILES string of the molecule is Cc1nc(-c2cccc3c2oc2ccccc23)c2ccc3c(C)ncc(C)c3c2n1. The molecule has 0 fully saturated rings. The fourth-order valence-corrected chi connectivity index (χ4v) is 4.47. The largest absolute Gasteiger partial charge is 0.455 e. The lowest BCUT2D eigenvalue weighted by Crippen LogP contribution is -1.97. The van der Waals surface area contributed by atoms with Crippen LogP contribution in [-0.4, -0.2) is 15.0 Å². The van der Waals surface area contributed by atoms with Crippen LogP contribution in [0.3, 0.4) is 0 Å². The maximum atomic E-state index is 6.29. The van der Waals surface area contributed by atoms with E-state index in [1.165, 1.54) is 0 Å². The number of hydrogen-bond acceptors (Lipinski definition) is 4. The third-order valence-electron chi connectivity index (χ3n) is 5.88. The summed E-state index contributed by atoms with van der Waals surface area (Å²) >= 11 is 0. The van der Waals surface area contributed by atoms with Gasteiger partial charge in [-0.1, -0.05) is 36.4 Å². The molecule has 144 valence electrons. The summed E-state index contributed by atoms with van der Waals surface area (Å²) in [6.45, 7) is 6.08. The van der Waals surface area contributed by atoms with Gasteiger partial charge in [0, 0.05) is 44.4 Å². The lowest BCUT2D eigenvalue weighted by atomic mass is 9.98. The van der Waals surface area contributed by atoms with Gasteiger partial charge in [0.05, 0.1) is 11.2 Å². The minimum absolute atomic E-state index is 0.743. The molecular weight excluding hydrogens is 370 g/mol. The van der Waals surface area contributed by atoms with E-state index in [0.29, 0.717) is 0 Å². The number of para-hydroxylation sites is 2. The molecule has 0 radical (unpaired) electrons. The van der Waals surface area contributed by atoms with Crippen LogP contribution in [0.5, 0.6) is 0 Å². The molecule has 0 unspecified atom stereocenters. The normalized spacial score (nSPS) is 11.8. The van der Waals surface area contributed by atoms with E-state index in [1.807, 2.05) is 38.2 Å². The van der Waals surface area contributed by atoms with Gasteiger partial charge in [0.25, 0.3) is 0 Å². The molecule has 30 heavy (non-hydrogen) atoms. The Morgan fingerprint density at radius 1 is 0.733 bits per heavy atom. The fraction of sp³-hybridized carbons (Fsp3) is 0.115. The molecule has 0 aliphatic carbocycles. The van der Waals surface area contributed by atoms with E-state index in [-0.39, 0.29) is 0 Å². The minimum atomic E-state index is 0.743. The molecule has 0 saturated carbocycles. The molecule has 3 heterocycles. The van der Waals surface area contributed by atoms with Gasteiger partial charge < -0.3 is 4.42 Å². The van der Waals surface area contributed by atoms with E-state index in [4.69, 9.17) is 14.4 Å². The first-order chi connectivity index (χ1) is 14.6. The third kappa shape index (κ3) is 2.31. The van der Waals surface area contributed by atoms with Crippen LogP contribution in [0.25, 0.3) is 54.9 Å². The second-order valence-electron chi connectivity index (χ2n) is 7.81. The predicted octanol–water partition coefficient (Wildman–Crippen LogP) is 6.67. The molecule has 0 saturated heterocycles. The zero-order chi connectivity index (χ0) is 20.4. The van der Waals surface area contributed by atoms with Crippen LogP contribution < -0.4 is 0 Å². The highest BCUT2D eigenvalue weighted by atomic mass is 16.3. The summed E-state index contributed by atoms with van der Waals surface area (Å²) < 4.78 is 6.29. The topological polar surface area (TPSA) is 51.8 Å². The van der Waals surface area contributed by atoms with Crippen molar-refractivity contribution in [3.8, 4) is 11.3 Å². The molecule has 0 spiro atoms. The fourth-order valence-electron chi connectivity index (χ4n) is 4.47. The first kappa shape index (κ1) is 17.1. The Morgan fingerprint density at radius 2 is 1.53 bits per heavy atom. The highest BCUT2D eigenvalue weighted by Crippen LogP contribution is 2.39. The van der Waals surface area contributed by atoms with Crippen molar-refractivity contribution < 1.29 is 4.42 Å². The summed E-state index contributed by atoms with van der Waals surface area (Å²) in [6.07, 6.45) is 1.92. The molecule has 3 aromatic heterocycles. The van der Waals surface area contributed by atoms with Crippen LogP contribution in [0.2, 0.25) is 0 Å². The van der Waals surface area contributed by atoms with Crippen molar-refractivity contribution in [2.24, 2.45) is 0 Å². The zero-order valence-electron chi connectivity index (χ0n) is 17.0. The van der Waals surface area contributed by atoms with Gasteiger partial charge in [-0.3, -0.25) is 4.98 Å². The third-order valence-corrected chi connectivity index (χ3v) is 5.88. The van der Waals surface area contributed by atoms with E-state index in [0.717, 1.165) is 72.0 Å². The number of furan rings is 1. The molecule has 0 N–H and O–H groups in total. The highest BCUT2D eigenvalue weighted by Gasteiger charge is 2.18. The Hall–Kier alpha value is -3.79. The second-order valence-corrected chi connectivity index (χ2v) is 7.81. The molecule has 0 aliphatic rings. The van der Waals surface area contributed by atoms with Gasteiger partial charge in [0.1, 0.15) is 17.0 Å². The minimum Gasteiger partial charge on any atom is -0.455 e. The molecule has 3 aromatic carbocycles. The monoisotopic (exact) mass is 389 g/mol. The molecule has 4 nitrogen and oxygen atoms in total. The van der Waals surface area contributed by atoms with E-state index >= 15 is 0 Å². The summed E-state index contributed by atoms with van der Waals surface area (Å²) in [5, 5.41) is 5.52. The maximum absolute atomic E-state index is 6.29. The average molecular weight is 389 g/mol. The van der Waals surface area contributed by atoms with Gasteiger partial charge in [-0.25, -0.2) is 9.97 Å². The molecule has 0 atom stereocenters. The van der Waals surface area contributed by atoms with Crippen LogP contribution in [0.15, 0.2) is 65.2 Å². The van der Waals surface area contributed by atoms with Crippen molar-refractivity contribution in [3.63, 3.8) is 0 Å². The summed E-state index contributed by atoms with van der Waals surface area (Å²) in [5.74, 6) is 0.743. The summed E-state index contributed by atoms with van der Waals surface area (Å²) in [6, 6.07) is 18.7. The Morgan fingerprint density at radius 3 is 2.43 bits per heavy atom. The second kappa shape index (κ2) is 6.10. The van der Waals surface area contributed by atoms with Crippen molar-refractivity contribution >= 4 is 43.6 Å². The van der Waals surface area contributed by atoms with Crippen molar-refractivity contribution in [3.05, 3.63) is 77.9 Å². The number of aryl methyl sites for hydroxylation is 3. The van der Waals surface area contributed by atoms with Crippen molar-refractivity contribution in [1.82, 2.24) is 15.0 Å². The predicted molar refractivity (Wildman–Crippen MR) is 122 cm³/mol. The molecule has 6 aromatic rings. The van der Waals surface area contributed by atoms with Crippen LogP contribution >= 0.6 is 0 Å². The number of hydrogen-bond donors (Lipinski definition) is 0. The first-order valence-corrected chi connectivity index (χ1v) is 10.1. The van der Waals surface area contributed by atoms with Gasteiger partial charge in [-0.05, 0) is 44.5 Å². The number of nitrogens with zero attached hydrogens (tertiary/aromatic N) is 3. The average Bonchev–Trinajstić information content (AvgIpc) is 3.14. The van der Waals surface area contributed by atoms with Gasteiger partial charge in [0.2, 0.25) is 0 Å². The summed E-state index contributed by atoms with van der Waals surface area (Å²) in [7, 11) is 0. The zero-order valence-corrected chi connectivity index (χ0v) is 17.0. The van der Waals surface area contributed by atoms with Crippen LogP contribution in [0, 0.1) is 20.8 Å². The van der Waals surface area contributed by atoms with Crippen molar-refractivity contribution in [2.75, 3.05) is 0 Å². The molecule has 0 aliphatic heterocycles. The number of rotatable bonds is 1. The van der Waals surface area contributed by atoms with Gasteiger partial charge in [-0.15, -0.1) is 0 Å². The molecule has 6 rings (SSSR count). The molecule has 4 heteroatoms. The number of benzene rings is 3. The van der Waals surface area contributed by atoms with E-state index in [1.54, 1.807) is 0 Å². The summed E-state index contributed by atoms with van der Waals surface area (Å²) in [4.78, 5) is 14.2. The van der Waals surface area contributed by atoms with Crippen molar-refractivity contribution in [2.45, 2.75) is 20.8 Å². The Labute approximate surface area is 173 Å². The number of aromatic nitrogens is 3. The number of pyridine rings is 1. The highest BCUT2D eigenvalue weighted by molar-refractivity contribution is 6.15. The Bertz CT molecular complexity index is 1630. The van der Waals surface area contributed by atoms with Crippen LogP contribution in [-0.2, 0) is 0 Å². The van der Waals surface area contributed by atoms with Gasteiger partial charge in [-0.2, -0.15) is 0 Å². The maximum Gasteiger partial charge on any atom is 0.144 e. The van der Waals surface area contributed by atoms with Crippen LogP contribution in [0.1, 0.15) is 17.1 Å². The molecular formula is C26H19N3O. The van der Waals surface area contributed by atoms with E-state index in [9.17, 15) is 0 Å². The lowest BCUT2D eigenvalue weighted by Gasteiger charge is -2.12. The number of fused-ring (bicyclic) bond motifs is 6. The first-order valence-electron chi connectivity index (χ1n) is 10.1. The Kier molecular flexibility index (Phi) is 3.48. The standard InChI is InChI=1S/C26H19N3O/c1-14-13-27-15(2)17-11-12-20-24(28-16(3)29-25(20)23(14)17)21-9-6-8-19-18-7-4-5-10-22(18)30-26(19)21/h4-13H,1-3H3. The van der Waals surface area contributed by atoms with Gasteiger partial charge in [0.15, 0.2) is 0 Å². The Balaban J connectivity index is 1.78. The molecule has 0 bridgehead atoms. The quantitative estimate of drug-likeness (QED) is 0.295. The smallest absolute Gasteiger partial charge is 0.144 e. The van der Waals surface area contributed by atoms with Crippen molar-refractivity contribution in [1.29, 1.82) is 0 Å². The lowest BCUT2D eigenvalue weighted by molar-refractivity contribution is 0.670. The summed E-state index contributed by atoms with van der Waals surface area (Å²) in [5.41, 5.74) is 6.73. The van der Waals surface area contributed by atoms with E-state index in [2.05, 4.69) is 48.3 Å². The van der Waals surface area contributed by atoms with Crippen LogP contribution in [0.4, 0.5) is 0 Å². The van der Waals surface area contributed by atoms with Gasteiger partial charge >= 0.3 is 0 Å². The van der Waals surface area contributed by atoms with E-state index < -0.39 is 0 Å².